The number of benzene rings is 1. The number of aromatic amines is 1. The molecule has 3 aromatic rings. The summed E-state index contributed by atoms with van der Waals surface area (Å²) in [6, 6.07) is 8.21. The van der Waals surface area contributed by atoms with Gasteiger partial charge in [-0.05, 0) is 30.3 Å². The monoisotopic (exact) mass is 287 g/mol. The third-order valence-electron chi connectivity index (χ3n) is 2.70. The van der Waals surface area contributed by atoms with Crippen molar-refractivity contribution in [3.8, 4) is 0 Å². The van der Waals surface area contributed by atoms with Gasteiger partial charge in [0.05, 0.1) is 10.9 Å². The van der Waals surface area contributed by atoms with E-state index in [2.05, 4.69) is 25.8 Å². The van der Waals surface area contributed by atoms with Crippen LogP contribution in [0.1, 0.15) is 0 Å². The summed E-state index contributed by atoms with van der Waals surface area (Å²) in [7, 11) is 0. The molecule has 0 saturated carbocycles. The van der Waals surface area contributed by atoms with E-state index in [0.29, 0.717) is 16.5 Å². The first-order valence-electron chi connectivity index (χ1n) is 5.84. The molecule has 0 bridgehead atoms. The quantitative estimate of drug-likeness (QED) is 0.676. The van der Waals surface area contributed by atoms with Crippen molar-refractivity contribution in [3.05, 3.63) is 47.7 Å². The number of hydrogen-bond acceptors (Lipinski definition) is 3. The largest absolute Gasteiger partial charge is 0.324 e. The number of aromatic nitrogens is 3. The number of carbonyl (C=O) groups excluding carboxylic acids is 1. The van der Waals surface area contributed by atoms with Gasteiger partial charge in [-0.3, -0.25) is 10.4 Å². The van der Waals surface area contributed by atoms with Crippen LogP contribution >= 0.6 is 11.6 Å². The Labute approximate surface area is 119 Å². The molecule has 2 aromatic heterocycles. The molecular formula is C13H10ClN5O. The molecule has 0 unspecified atom stereocenters. The molecule has 0 aliphatic carbocycles. The van der Waals surface area contributed by atoms with Crippen molar-refractivity contribution < 1.29 is 4.79 Å². The number of halogens is 1. The molecule has 0 spiro atoms. The van der Waals surface area contributed by atoms with Crippen molar-refractivity contribution in [2.45, 2.75) is 0 Å². The van der Waals surface area contributed by atoms with E-state index in [1.54, 1.807) is 42.7 Å². The Morgan fingerprint density at radius 3 is 2.75 bits per heavy atom. The lowest BCUT2D eigenvalue weighted by molar-refractivity contribution is 0.262. The Hall–Kier alpha value is -2.60. The average Bonchev–Trinajstić information content (AvgIpc) is 2.91. The molecule has 0 fully saturated rings. The van der Waals surface area contributed by atoms with Gasteiger partial charge in [0.1, 0.15) is 5.82 Å². The number of nitrogens with zero attached hydrogens (tertiary/aromatic N) is 2. The number of H-pyrrole nitrogens is 1. The van der Waals surface area contributed by atoms with Gasteiger partial charge < -0.3 is 5.32 Å². The predicted molar refractivity (Wildman–Crippen MR) is 78.0 cm³/mol. The Bertz CT molecular complexity index is 753. The first-order chi connectivity index (χ1) is 9.72. The summed E-state index contributed by atoms with van der Waals surface area (Å²) >= 11 is 5.78. The molecule has 0 atom stereocenters. The second-order valence-electron chi connectivity index (χ2n) is 4.06. The SMILES string of the molecule is O=C(Nc1ccc(Cl)cc1)Nc1nccc2n[nH]cc12. The van der Waals surface area contributed by atoms with Crippen molar-refractivity contribution >= 4 is 40.0 Å². The zero-order valence-electron chi connectivity index (χ0n) is 10.2. The predicted octanol–water partition coefficient (Wildman–Crippen LogP) is 3.26. The third-order valence-corrected chi connectivity index (χ3v) is 2.95. The molecule has 0 aliphatic heterocycles. The highest BCUT2D eigenvalue weighted by Gasteiger charge is 2.08. The molecular weight excluding hydrogens is 278 g/mol. The summed E-state index contributed by atoms with van der Waals surface area (Å²) in [4.78, 5) is 16.0. The van der Waals surface area contributed by atoms with E-state index < -0.39 is 0 Å². The third kappa shape index (κ3) is 2.55. The minimum atomic E-state index is -0.381. The summed E-state index contributed by atoms with van der Waals surface area (Å²) in [5, 5.41) is 13.5. The Kier molecular flexibility index (Phi) is 3.22. The number of urea groups is 1. The van der Waals surface area contributed by atoms with E-state index in [-0.39, 0.29) is 6.03 Å². The fraction of sp³-hybridized carbons (Fsp3) is 0. The number of fused-ring (bicyclic) bond motifs is 1. The number of anilines is 2. The van der Waals surface area contributed by atoms with Crippen molar-refractivity contribution in [2.24, 2.45) is 0 Å². The minimum Gasteiger partial charge on any atom is -0.308 e. The van der Waals surface area contributed by atoms with Gasteiger partial charge >= 0.3 is 6.03 Å². The van der Waals surface area contributed by atoms with Crippen LogP contribution < -0.4 is 10.6 Å². The van der Waals surface area contributed by atoms with Gasteiger partial charge in [-0.15, -0.1) is 0 Å². The van der Waals surface area contributed by atoms with Crippen LogP contribution in [0.25, 0.3) is 10.9 Å². The molecule has 100 valence electrons. The van der Waals surface area contributed by atoms with E-state index >= 15 is 0 Å². The van der Waals surface area contributed by atoms with Gasteiger partial charge in [-0.2, -0.15) is 5.10 Å². The maximum Gasteiger partial charge on any atom is 0.324 e. The number of rotatable bonds is 2. The number of amides is 2. The number of hydrogen-bond donors (Lipinski definition) is 3. The zero-order chi connectivity index (χ0) is 13.9. The molecule has 0 saturated heterocycles. The minimum absolute atomic E-state index is 0.381. The van der Waals surface area contributed by atoms with Crippen LogP contribution in [-0.4, -0.2) is 21.2 Å². The standard InChI is InChI=1S/C13H10ClN5O/c14-8-1-3-9(4-2-8)17-13(20)18-12-10-7-16-19-11(10)5-6-15-12/h1-7H,(H,16,19)(H2,15,17,18,20). The number of pyridine rings is 1. The van der Waals surface area contributed by atoms with Crippen LogP contribution in [0.5, 0.6) is 0 Å². The Morgan fingerprint density at radius 2 is 1.95 bits per heavy atom. The summed E-state index contributed by atoms with van der Waals surface area (Å²) in [6.07, 6.45) is 3.27. The van der Waals surface area contributed by atoms with Gasteiger partial charge in [-0.1, -0.05) is 11.6 Å². The summed E-state index contributed by atoms with van der Waals surface area (Å²) < 4.78 is 0. The molecule has 0 aliphatic rings. The van der Waals surface area contributed by atoms with Crippen LogP contribution in [0.3, 0.4) is 0 Å². The fourth-order valence-electron chi connectivity index (χ4n) is 1.77. The highest BCUT2D eigenvalue weighted by Crippen LogP contribution is 2.18. The van der Waals surface area contributed by atoms with Gasteiger partial charge in [-0.25, -0.2) is 9.78 Å². The first-order valence-corrected chi connectivity index (χ1v) is 6.22. The molecule has 7 heteroatoms. The molecule has 3 N–H and O–H groups in total. The number of nitrogens with one attached hydrogen (secondary N) is 3. The van der Waals surface area contributed by atoms with Crippen LogP contribution in [0.15, 0.2) is 42.7 Å². The normalized spacial score (nSPS) is 10.4. The lowest BCUT2D eigenvalue weighted by atomic mass is 10.3. The first kappa shape index (κ1) is 12.4. The van der Waals surface area contributed by atoms with E-state index in [9.17, 15) is 4.79 Å². The summed E-state index contributed by atoms with van der Waals surface area (Å²) in [5.41, 5.74) is 1.38. The molecule has 2 amide bonds. The molecule has 20 heavy (non-hydrogen) atoms. The van der Waals surface area contributed by atoms with Crippen LogP contribution in [0.4, 0.5) is 16.3 Å². The van der Waals surface area contributed by atoms with Crippen molar-refractivity contribution in [1.29, 1.82) is 0 Å². The van der Waals surface area contributed by atoms with Crippen molar-refractivity contribution in [1.82, 2.24) is 15.2 Å². The van der Waals surface area contributed by atoms with Gasteiger partial charge in [0, 0.05) is 23.1 Å². The van der Waals surface area contributed by atoms with E-state index in [4.69, 9.17) is 11.6 Å². The molecule has 1 aromatic carbocycles. The second-order valence-corrected chi connectivity index (χ2v) is 4.50. The lowest BCUT2D eigenvalue weighted by Gasteiger charge is -2.07. The van der Waals surface area contributed by atoms with Crippen LogP contribution in [-0.2, 0) is 0 Å². The smallest absolute Gasteiger partial charge is 0.308 e. The van der Waals surface area contributed by atoms with Crippen molar-refractivity contribution in [2.75, 3.05) is 10.6 Å². The molecule has 2 heterocycles. The fourth-order valence-corrected chi connectivity index (χ4v) is 1.90. The zero-order valence-corrected chi connectivity index (χ0v) is 11.0. The van der Waals surface area contributed by atoms with Crippen LogP contribution in [0, 0.1) is 0 Å². The number of carbonyl (C=O) groups is 1. The molecule has 3 rings (SSSR count). The van der Waals surface area contributed by atoms with E-state index in [0.717, 1.165) is 10.9 Å². The molecule has 0 radical (unpaired) electrons. The lowest BCUT2D eigenvalue weighted by Crippen LogP contribution is -2.20. The summed E-state index contributed by atoms with van der Waals surface area (Å²) in [6.45, 7) is 0. The van der Waals surface area contributed by atoms with E-state index in [1.807, 2.05) is 0 Å². The second kappa shape index (κ2) is 5.18. The molecule has 6 nitrogen and oxygen atoms in total. The topological polar surface area (TPSA) is 82.7 Å². The van der Waals surface area contributed by atoms with Gasteiger partial charge in [0.2, 0.25) is 0 Å². The maximum atomic E-state index is 11.9. The van der Waals surface area contributed by atoms with Crippen molar-refractivity contribution in [3.63, 3.8) is 0 Å². The highest BCUT2D eigenvalue weighted by molar-refractivity contribution is 6.30. The summed E-state index contributed by atoms with van der Waals surface area (Å²) in [5.74, 6) is 0.447. The highest BCUT2D eigenvalue weighted by atomic mass is 35.5. The van der Waals surface area contributed by atoms with E-state index in [1.165, 1.54) is 0 Å². The Balaban J connectivity index is 1.76. The van der Waals surface area contributed by atoms with Gasteiger partial charge in [0.25, 0.3) is 0 Å². The Morgan fingerprint density at radius 1 is 1.15 bits per heavy atom. The van der Waals surface area contributed by atoms with Crippen LogP contribution in [0.2, 0.25) is 5.02 Å². The maximum absolute atomic E-state index is 11.9. The van der Waals surface area contributed by atoms with Gasteiger partial charge in [0.15, 0.2) is 0 Å². The average molecular weight is 288 g/mol.